The molecule has 0 N–H and O–H groups in total. The van der Waals surface area contributed by atoms with Crippen LogP contribution in [0.25, 0.3) is 11.5 Å². The van der Waals surface area contributed by atoms with E-state index in [4.69, 9.17) is 9.40 Å². The molecule has 0 aliphatic rings. The van der Waals surface area contributed by atoms with Crippen molar-refractivity contribution in [1.82, 2.24) is 4.98 Å². The summed E-state index contributed by atoms with van der Waals surface area (Å²) in [6.07, 6.45) is 0. The molecule has 41 heavy (non-hydrogen) atoms. The van der Waals surface area contributed by atoms with E-state index in [0.717, 1.165) is 11.0 Å². The first-order valence-electron chi connectivity index (χ1n) is 13.1. The van der Waals surface area contributed by atoms with Crippen LogP contribution >= 0.6 is 19.0 Å². The SMILES string of the molecule is O=C(CSc1oc(-c2ccccc2)nc1[P+](c1ccccc1)(c1ccccc1)c1ccccc1)c1ccccc1.[Br-]. The lowest BCUT2D eigenvalue weighted by Gasteiger charge is -2.25. The van der Waals surface area contributed by atoms with Crippen LogP contribution in [0, 0.1) is 0 Å². The van der Waals surface area contributed by atoms with Crippen LogP contribution in [-0.2, 0) is 0 Å². The van der Waals surface area contributed by atoms with Gasteiger partial charge in [0, 0.05) is 11.1 Å². The van der Waals surface area contributed by atoms with Crippen LogP contribution < -0.4 is 38.3 Å². The highest BCUT2D eigenvalue weighted by Gasteiger charge is 2.53. The van der Waals surface area contributed by atoms with Gasteiger partial charge < -0.3 is 21.4 Å². The number of halogens is 1. The highest BCUT2D eigenvalue weighted by atomic mass is 79.9. The van der Waals surface area contributed by atoms with Crippen LogP contribution in [-0.4, -0.2) is 16.5 Å². The van der Waals surface area contributed by atoms with Crippen molar-refractivity contribution in [1.29, 1.82) is 0 Å². The van der Waals surface area contributed by atoms with Gasteiger partial charge in [-0.1, -0.05) is 115 Å². The number of oxazole rings is 1. The number of rotatable bonds is 9. The summed E-state index contributed by atoms with van der Waals surface area (Å²) in [4.78, 5) is 18.5. The molecule has 0 aliphatic carbocycles. The number of carbonyl (C=O) groups is 1. The van der Waals surface area contributed by atoms with Crippen molar-refractivity contribution >= 4 is 46.2 Å². The van der Waals surface area contributed by atoms with E-state index in [9.17, 15) is 4.79 Å². The van der Waals surface area contributed by atoms with Crippen molar-refractivity contribution in [2.45, 2.75) is 5.09 Å². The van der Waals surface area contributed by atoms with E-state index < -0.39 is 7.26 Å². The Kier molecular flexibility index (Phi) is 9.31. The number of nitrogens with zero attached hydrogens (tertiary/aromatic N) is 1. The van der Waals surface area contributed by atoms with Gasteiger partial charge in [0.05, 0.1) is 5.75 Å². The lowest BCUT2D eigenvalue weighted by molar-refractivity contribution is -0.0000158. The first-order chi connectivity index (χ1) is 19.8. The largest absolute Gasteiger partial charge is 1.00 e. The Labute approximate surface area is 255 Å². The van der Waals surface area contributed by atoms with Gasteiger partial charge in [-0.2, -0.15) is 4.98 Å². The molecule has 6 aromatic rings. The smallest absolute Gasteiger partial charge is 0.251 e. The average molecular weight is 637 g/mol. The van der Waals surface area contributed by atoms with Gasteiger partial charge in [0.2, 0.25) is 11.0 Å². The van der Waals surface area contributed by atoms with Crippen LogP contribution in [0.2, 0.25) is 0 Å². The normalized spacial score (nSPS) is 11.0. The molecule has 0 bridgehead atoms. The molecule has 0 atom stereocenters. The standard InChI is InChI=1S/C35H27NO2PS.BrH/c37-32(27-16-6-1-7-17-27)26-40-35-34(36-33(38-35)28-18-8-2-9-19-28)39(29-20-10-3-11-21-29,30-22-12-4-13-23-30)31-24-14-5-15-25-31;/h1-25H,26H2;1H/q+1;/p-1. The Balaban J connectivity index is 0.00000337. The van der Waals surface area contributed by atoms with Gasteiger partial charge in [0.15, 0.2) is 13.0 Å². The van der Waals surface area contributed by atoms with Gasteiger partial charge in [-0.05, 0) is 48.5 Å². The maximum Gasteiger partial charge on any atom is 0.251 e. The summed E-state index contributed by atoms with van der Waals surface area (Å²) in [6, 6.07) is 51.1. The molecule has 0 amide bonds. The van der Waals surface area contributed by atoms with E-state index in [1.54, 1.807) is 0 Å². The molecule has 0 aliphatic heterocycles. The van der Waals surface area contributed by atoms with Crippen molar-refractivity contribution in [3.05, 3.63) is 157 Å². The monoisotopic (exact) mass is 635 g/mol. The second-order valence-corrected chi connectivity index (χ2v) is 13.5. The van der Waals surface area contributed by atoms with E-state index >= 15 is 0 Å². The summed E-state index contributed by atoms with van der Waals surface area (Å²) in [6.45, 7) is 0. The quantitative estimate of drug-likeness (QED) is 0.137. The molecule has 0 unspecified atom stereocenters. The lowest BCUT2D eigenvalue weighted by atomic mass is 10.2. The molecular formula is C35H27BrNO2PS. The van der Waals surface area contributed by atoms with Crippen LogP contribution in [0.3, 0.4) is 0 Å². The van der Waals surface area contributed by atoms with Crippen molar-refractivity contribution in [2.75, 3.05) is 5.75 Å². The molecule has 202 valence electrons. The molecule has 0 spiro atoms. The van der Waals surface area contributed by atoms with E-state index in [0.29, 0.717) is 16.5 Å². The topological polar surface area (TPSA) is 43.1 Å². The van der Waals surface area contributed by atoms with E-state index in [-0.39, 0.29) is 28.5 Å². The van der Waals surface area contributed by atoms with Crippen LogP contribution in [0.5, 0.6) is 0 Å². The van der Waals surface area contributed by atoms with Gasteiger partial charge in [-0.3, -0.25) is 4.79 Å². The Hall–Kier alpha value is -3.76. The first kappa shape index (κ1) is 28.8. The zero-order valence-electron chi connectivity index (χ0n) is 22.1. The maximum atomic E-state index is 13.2. The molecule has 0 fully saturated rings. The van der Waals surface area contributed by atoms with Crippen molar-refractivity contribution < 1.29 is 26.2 Å². The molecule has 0 radical (unpaired) electrons. The Morgan fingerprint density at radius 1 is 0.610 bits per heavy atom. The molecule has 6 rings (SSSR count). The molecule has 1 aromatic heterocycles. The molecule has 0 saturated heterocycles. The van der Waals surface area contributed by atoms with Gasteiger partial charge in [-0.15, -0.1) is 0 Å². The van der Waals surface area contributed by atoms with Crippen molar-refractivity contribution in [2.24, 2.45) is 0 Å². The van der Waals surface area contributed by atoms with E-state index in [1.807, 2.05) is 78.9 Å². The van der Waals surface area contributed by atoms with Gasteiger partial charge in [0.25, 0.3) is 5.44 Å². The van der Waals surface area contributed by atoms with Gasteiger partial charge in [-0.25, -0.2) is 0 Å². The predicted octanol–water partition coefficient (Wildman–Crippen LogP) is 3.94. The Bertz CT molecular complexity index is 1600. The van der Waals surface area contributed by atoms with Crippen LogP contribution in [0.4, 0.5) is 0 Å². The molecule has 5 aromatic carbocycles. The minimum absolute atomic E-state index is 0. The third-order valence-corrected chi connectivity index (χ3v) is 12.0. The van der Waals surface area contributed by atoms with Crippen molar-refractivity contribution in [3.63, 3.8) is 0 Å². The fourth-order valence-electron chi connectivity index (χ4n) is 4.92. The molecule has 1 heterocycles. The third-order valence-electron chi connectivity index (χ3n) is 6.78. The molecule has 6 heteroatoms. The first-order valence-corrected chi connectivity index (χ1v) is 15.9. The summed E-state index contributed by atoms with van der Waals surface area (Å²) in [5, 5.41) is 4.21. The predicted molar refractivity (Wildman–Crippen MR) is 168 cm³/mol. The number of benzene rings is 5. The van der Waals surface area contributed by atoms with Crippen LogP contribution in [0.15, 0.2) is 161 Å². The average Bonchev–Trinajstić information content (AvgIpc) is 3.47. The summed E-state index contributed by atoms with van der Waals surface area (Å²) < 4.78 is 6.59. The summed E-state index contributed by atoms with van der Waals surface area (Å²) >= 11 is 1.43. The summed E-state index contributed by atoms with van der Waals surface area (Å²) in [5.41, 5.74) is 2.47. The highest BCUT2D eigenvalue weighted by molar-refractivity contribution is 8.04. The summed E-state index contributed by atoms with van der Waals surface area (Å²) in [5.74, 6) is 0.855. The minimum Gasteiger partial charge on any atom is -1.00 e. The minimum atomic E-state index is -2.51. The van der Waals surface area contributed by atoms with Gasteiger partial charge in [0.1, 0.15) is 15.9 Å². The van der Waals surface area contributed by atoms with Gasteiger partial charge >= 0.3 is 0 Å². The fourth-order valence-corrected chi connectivity index (χ4v) is 10.3. The van der Waals surface area contributed by atoms with Crippen LogP contribution in [0.1, 0.15) is 10.4 Å². The number of carbonyl (C=O) groups excluding carboxylic acids is 1. The number of Topliss-reactive ketones (excluding diaryl/α,β-unsaturated/α-hetero) is 1. The Morgan fingerprint density at radius 3 is 1.49 bits per heavy atom. The van der Waals surface area contributed by atoms with Crippen molar-refractivity contribution in [3.8, 4) is 11.5 Å². The molecule has 0 saturated carbocycles. The fraction of sp³-hybridized carbons (Fsp3) is 0.0286. The summed E-state index contributed by atoms with van der Waals surface area (Å²) in [7, 11) is -2.51. The number of hydrogen-bond donors (Lipinski definition) is 0. The van der Waals surface area contributed by atoms with E-state index in [2.05, 4.69) is 72.8 Å². The second kappa shape index (κ2) is 13.3. The highest BCUT2D eigenvalue weighted by Crippen LogP contribution is 2.56. The zero-order chi connectivity index (χ0) is 27.2. The third kappa shape index (κ3) is 5.85. The number of ketones is 1. The molecular weight excluding hydrogens is 609 g/mol. The Morgan fingerprint density at radius 2 is 1.02 bits per heavy atom. The maximum absolute atomic E-state index is 13.2. The zero-order valence-corrected chi connectivity index (χ0v) is 25.4. The number of hydrogen-bond acceptors (Lipinski definition) is 4. The lowest BCUT2D eigenvalue weighted by Crippen LogP contribution is -3.00. The second-order valence-electron chi connectivity index (χ2n) is 9.25. The number of thioether (sulfide) groups is 1. The van der Waals surface area contributed by atoms with E-state index in [1.165, 1.54) is 27.7 Å². The molecule has 3 nitrogen and oxygen atoms in total. The number of aromatic nitrogens is 1.